The van der Waals surface area contributed by atoms with E-state index in [4.69, 9.17) is 4.52 Å². The molecule has 0 saturated heterocycles. The van der Waals surface area contributed by atoms with Crippen LogP contribution in [0.4, 0.5) is 0 Å². The highest BCUT2D eigenvalue weighted by atomic mass is 32.1. The van der Waals surface area contributed by atoms with Crippen LogP contribution in [0.5, 0.6) is 0 Å². The normalized spacial score (nSPS) is 12.1. The maximum absolute atomic E-state index is 12.5. The molecule has 1 unspecified atom stereocenters. The number of aromatic nitrogens is 2. The van der Waals surface area contributed by atoms with Gasteiger partial charge in [-0.05, 0) is 30.9 Å². The first-order chi connectivity index (χ1) is 12.0. The average Bonchev–Trinajstić information content (AvgIpc) is 3.30. The van der Waals surface area contributed by atoms with Crippen LogP contribution in [0.25, 0.3) is 11.4 Å². The number of carbonyl (C=O) groups is 1. The fourth-order valence-corrected chi connectivity index (χ4v) is 3.17. The first kappa shape index (κ1) is 17.4. The number of thiophene rings is 1. The predicted molar refractivity (Wildman–Crippen MR) is 98.3 cm³/mol. The largest absolute Gasteiger partial charge is 0.339 e. The van der Waals surface area contributed by atoms with Crippen molar-refractivity contribution in [2.24, 2.45) is 0 Å². The Bertz CT molecular complexity index is 825. The molecule has 6 heteroatoms. The van der Waals surface area contributed by atoms with Crippen LogP contribution in [0.2, 0.25) is 0 Å². The molecule has 0 aliphatic rings. The highest BCUT2D eigenvalue weighted by Crippen LogP contribution is 2.21. The highest BCUT2D eigenvalue weighted by molar-refractivity contribution is 7.08. The Labute approximate surface area is 151 Å². The van der Waals surface area contributed by atoms with Gasteiger partial charge in [-0.1, -0.05) is 35.0 Å². The molecule has 0 aliphatic heterocycles. The minimum absolute atomic E-state index is 0.0251. The van der Waals surface area contributed by atoms with Crippen molar-refractivity contribution in [1.29, 1.82) is 0 Å². The lowest BCUT2D eigenvalue weighted by atomic mass is 10.1. The van der Waals surface area contributed by atoms with Crippen LogP contribution in [-0.4, -0.2) is 28.0 Å². The van der Waals surface area contributed by atoms with Gasteiger partial charge in [0, 0.05) is 30.8 Å². The number of nitrogens with zero attached hydrogens (tertiary/aromatic N) is 3. The summed E-state index contributed by atoms with van der Waals surface area (Å²) in [5.41, 5.74) is 3.28. The van der Waals surface area contributed by atoms with Crippen molar-refractivity contribution in [3.8, 4) is 11.4 Å². The molecule has 0 radical (unpaired) electrons. The number of carbonyl (C=O) groups excluding carboxylic acids is 1. The Kier molecular flexibility index (Phi) is 5.28. The molecule has 0 fully saturated rings. The Balaban J connectivity index is 1.57. The Hall–Kier alpha value is -2.47. The second-order valence-electron chi connectivity index (χ2n) is 6.12. The fourth-order valence-electron chi connectivity index (χ4n) is 2.54. The fraction of sp³-hybridized carbons (Fsp3) is 0.316. The molecule has 5 nitrogen and oxygen atoms in total. The molecule has 2 aromatic heterocycles. The van der Waals surface area contributed by atoms with Gasteiger partial charge in [-0.3, -0.25) is 4.79 Å². The standard InChI is InChI=1S/C19H21N3O2S/c1-13-4-6-15(7-5-13)14(2)22(3)18(23)9-8-17-20-19(21-24-17)16-10-11-25-12-16/h4-7,10-12,14H,8-9H2,1-3H3. The number of benzene rings is 1. The summed E-state index contributed by atoms with van der Waals surface area (Å²) in [5, 5.41) is 7.91. The van der Waals surface area contributed by atoms with Gasteiger partial charge in [-0.25, -0.2) is 0 Å². The summed E-state index contributed by atoms with van der Waals surface area (Å²) < 4.78 is 5.25. The van der Waals surface area contributed by atoms with Gasteiger partial charge in [0.05, 0.1) is 6.04 Å². The molecule has 3 aromatic rings. The highest BCUT2D eigenvalue weighted by Gasteiger charge is 2.18. The third kappa shape index (κ3) is 4.14. The quantitative estimate of drug-likeness (QED) is 0.663. The molecule has 0 bridgehead atoms. The second kappa shape index (κ2) is 7.61. The number of rotatable bonds is 6. The summed E-state index contributed by atoms with van der Waals surface area (Å²) in [5.74, 6) is 1.12. The minimum atomic E-state index is 0.0251. The van der Waals surface area contributed by atoms with Gasteiger partial charge in [0.15, 0.2) is 0 Å². The molecule has 2 heterocycles. The molecule has 0 spiro atoms. The summed E-state index contributed by atoms with van der Waals surface area (Å²) in [6, 6.07) is 10.2. The van der Waals surface area contributed by atoms with Crippen molar-refractivity contribution in [2.45, 2.75) is 32.7 Å². The summed E-state index contributed by atoms with van der Waals surface area (Å²) >= 11 is 1.59. The lowest BCUT2D eigenvalue weighted by Crippen LogP contribution is -2.29. The van der Waals surface area contributed by atoms with E-state index in [1.807, 2.05) is 30.8 Å². The zero-order chi connectivity index (χ0) is 17.8. The lowest BCUT2D eigenvalue weighted by Gasteiger charge is -2.25. The average molecular weight is 355 g/mol. The second-order valence-corrected chi connectivity index (χ2v) is 6.90. The number of hydrogen-bond donors (Lipinski definition) is 0. The Morgan fingerprint density at radius 3 is 2.72 bits per heavy atom. The molecule has 25 heavy (non-hydrogen) atoms. The zero-order valence-corrected chi connectivity index (χ0v) is 15.4. The zero-order valence-electron chi connectivity index (χ0n) is 14.6. The summed E-state index contributed by atoms with van der Waals surface area (Å²) in [6.45, 7) is 4.09. The van der Waals surface area contributed by atoms with Crippen LogP contribution < -0.4 is 0 Å². The van der Waals surface area contributed by atoms with Gasteiger partial charge in [0.2, 0.25) is 17.6 Å². The van der Waals surface area contributed by atoms with Gasteiger partial charge >= 0.3 is 0 Å². The van der Waals surface area contributed by atoms with E-state index in [-0.39, 0.29) is 11.9 Å². The predicted octanol–water partition coefficient (Wildman–Crippen LogP) is 4.26. The molecule has 130 valence electrons. The molecular formula is C19H21N3O2S. The molecule has 0 saturated carbocycles. The summed E-state index contributed by atoms with van der Waals surface area (Å²) in [7, 11) is 1.83. The van der Waals surface area contributed by atoms with Crippen LogP contribution in [0.1, 0.15) is 36.4 Å². The van der Waals surface area contributed by atoms with E-state index in [2.05, 4.69) is 41.3 Å². The third-order valence-corrected chi connectivity index (χ3v) is 5.02. The Morgan fingerprint density at radius 2 is 2.04 bits per heavy atom. The number of hydrogen-bond acceptors (Lipinski definition) is 5. The van der Waals surface area contributed by atoms with E-state index in [0.717, 1.165) is 11.1 Å². The van der Waals surface area contributed by atoms with Crippen molar-refractivity contribution in [3.63, 3.8) is 0 Å². The first-order valence-electron chi connectivity index (χ1n) is 8.22. The SMILES string of the molecule is Cc1ccc(C(C)N(C)C(=O)CCc2nc(-c3ccsc3)no2)cc1. The van der Waals surface area contributed by atoms with Crippen LogP contribution in [0, 0.1) is 6.92 Å². The van der Waals surface area contributed by atoms with Crippen LogP contribution in [-0.2, 0) is 11.2 Å². The van der Waals surface area contributed by atoms with Crippen molar-refractivity contribution in [1.82, 2.24) is 15.0 Å². The van der Waals surface area contributed by atoms with Crippen LogP contribution >= 0.6 is 11.3 Å². The maximum Gasteiger partial charge on any atom is 0.227 e. The monoisotopic (exact) mass is 355 g/mol. The van der Waals surface area contributed by atoms with Crippen LogP contribution in [0.3, 0.4) is 0 Å². The first-order valence-corrected chi connectivity index (χ1v) is 9.16. The van der Waals surface area contributed by atoms with Gasteiger partial charge in [0.25, 0.3) is 0 Å². The van der Waals surface area contributed by atoms with Crippen molar-refractivity contribution >= 4 is 17.2 Å². The van der Waals surface area contributed by atoms with E-state index < -0.39 is 0 Å². The van der Waals surface area contributed by atoms with Crippen molar-refractivity contribution in [3.05, 3.63) is 58.1 Å². The molecule has 0 N–H and O–H groups in total. The Morgan fingerprint density at radius 1 is 1.28 bits per heavy atom. The smallest absolute Gasteiger partial charge is 0.227 e. The summed E-state index contributed by atoms with van der Waals surface area (Å²) in [6.07, 6.45) is 0.791. The van der Waals surface area contributed by atoms with E-state index in [1.165, 1.54) is 5.56 Å². The third-order valence-electron chi connectivity index (χ3n) is 4.33. The topological polar surface area (TPSA) is 59.2 Å². The molecule has 1 atom stereocenters. The number of aryl methyl sites for hydroxylation is 2. The van der Waals surface area contributed by atoms with Gasteiger partial charge in [-0.15, -0.1) is 0 Å². The van der Waals surface area contributed by atoms with Gasteiger partial charge in [-0.2, -0.15) is 16.3 Å². The molecule has 3 rings (SSSR count). The molecular weight excluding hydrogens is 334 g/mol. The molecule has 0 aliphatic carbocycles. The molecule has 1 amide bonds. The minimum Gasteiger partial charge on any atom is -0.339 e. The number of amides is 1. The van der Waals surface area contributed by atoms with Crippen LogP contribution in [0.15, 0.2) is 45.6 Å². The van der Waals surface area contributed by atoms with Crippen molar-refractivity contribution in [2.75, 3.05) is 7.05 Å². The van der Waals surface area contributed by atoms with E-state index in [9.17, 15) is 4.79 Å². The maximum atomic E-state index is 12.5. The molecule has 1 aromatic carbocycles. The van der Waals surface area contributed by atoms with E-state index >= 15 is 0 Å². The van der Waals surface area contributed by atoms with Crippen molar-refractivity contribution < 1.29 is 9.32 Å². The van der Waals surface area contributed by atoms with E-state index in [1.54, 1.807) is 16.2 Å². The lowest BCUT2D eigenvalue weighted by molar-refractivity contribution is -0.131. The van der Waals surface area contributed by atoms with Gasteiger partial charge in [0.1, 0.15) is 0 Å². The van der Waals surface area contributed by atoms with E-state index in [0.29, 0.717) is 24.6 Å². The summed E-state index contributed by atoms with van der Waals surface area (Å²) in [4.78, 5) is 18.6. The van der Waals surface area contributed by atoms with Gasteiger partial charge < -0.3 is 9.42 Å².